The van der Waals surface area contributed by atoms with E-state index in [0.29, 0.717) is 12.8 Å². The lowest BCUT2D eigenvalue weighted by Gasteiger charge is -2.36. The molecule has 0 aromatic heterocycles. The van der Waals surface area contributed by atoms with E-state index in [4.69, 9.17) is 4.74 Å². The van der Waals surface area contributed by atoms with Crippen molar-refractivity contribution >= 4 is 5.97 Å². The Hall–Kier alpha value is -2.17. The Morgan fingerprint density at radius 3 is 2.00 bits per heavy atom. The molecular weight excluding hydrogens is 314 g/mol. The summed E-state index contributed by atoms with van der Waals surface area (Å²) in [5.74, 6) is -0.357. The zero-order valence-electron chi connectivity index (χ0n) is 14.6. The lowest BCUT2D eigenvalue weighted by Crippen LogP contribution is -2.44. The van der Waals surface area contributed by atoms with Crippen LogP contribution in [0, 0.1) is 0 Å². The van der Waals surface area contributed by atoms with Crippen molar-refractivity contribution in [3.05, 3.63) is 71.8 Å². The van der Waals surface area contributed by atoms with Gasteiger partial charge < -0.3 is 14.7 Å². The van der Waals surface area contributed by atoms with Crippen molar-refractivity contribution in [2.24, 2.45) is 0 Å². The third kappa shape index (κ3) is 4.68. The van der Waals surface area contributed by atoms with E-state index in [-0.39, 0.29) is 12.4 Å². The van der Waals surface area contributed by atoms with Crippen LogP contribution in [0.4, 0.5) is 0 Å². The molecule has 2 aromatic rings. The second-order valence-corrected chi connectivity index (χ2v) is 6.90. The van der Waals surface area contributed by atoms with Crippen LogP contribution in [0.2, 0.25) is 0 Å². The van der Waals surface area contributed by atoms with Crippen LogP contribution in [0.1, 0.15) is 36.5 Å². The maximum atomic E-state index is 12.6. The highest BCUT2D eigenvalue weighted by Gasteiger charge is 2.35. The molecule has 132 valence electrons. The molecule has 1 N–H and O–H groups in total. The first kappa shape index (κ1) is 17.6. The summed E-state index contributed by atoms with van der Waals surface area (Å²) in [5.41, 5.74) is 0.900. The van der Waals surface area contributed by atoms with Crippen LogP contribution >= 0.6 is 0 Å². The molecule has 2 aromatic carbocycles. The first-order valence-electron chi connectivity index (χ1n) is 8.76. The van der Waals surface area contributed by atoms with Gasteiger partial charge in [0, 0.05) is 13.1 Å². The summed E-state index contributed by atoms with van der Waals surface area (Å²) in [4.78, 5) is 14.7. The van der Waals surface area contributed by atoms with Gasteiger partial charge in [-0.05, 0) is 31.0 Å². The molecule has 4 nitrogen and oxygen atoms in total. The molecule has 0 aliphatic carbocycles. The van der Waals surface area contributed by atoms with Crippen molar-refractivity contribution < 1.29 is 14.6 Å². The summed E-state index contributed by atoms with van der Waals surface area (Å²) in [5, 5.41) is 10.7. The second kappa shape index (κ2) is 7.81. The third-order valence-corrected chi connectivity index (χ3v) is 4.85. The molecule has 0 radical (unpaired) electrons. The maximum Gasteiger partial charge on any atom is 0.309 e. The average molecular weight is 339 g/mol. The molecule has 25 heavy (non-hydrogen) atoms. The highest BCUT2D eigenvalue weighted by atomic mass is 16.5. The van der Waals surface area contributed by atoms with Gasteiger partial charge in [0.05, 0.1) is 12.0 Å². The Bertz CT molecular complexity index is 639. The molecule has 1 heterocycles. The minimum atomic E-state index is -0.957. The second-order valence-electron chi connectivity index (χ2n) is 6.90. The van der Waals surface area contributed by atoms with Gasteiger partial charge in [0.1, 0.15) is 0 Å². The zero-order valence-corrected chi connectivity index (χ0v) is 14.6. The lowest BCUT2D eigenvalue weighted by atomic mass is 9.88. The molecule has 1 aliphatic rings. The van der Waals surface area contributed by atoms with E-state index in [0.717, 1.165) is 24.2 Å². The molecule has 1 fully saturated rings. The predicted molar refractivity (Wildman–Crippen MR) is 97.1 cm³/mol. The first-order valence-corrected chi connectivity index (χ1v) is 8.76. The van der Waals surface area contributed by atoms with Crippen LogP contribution in [0.5, 0.6) is 0 Å². The predicted octanol–water partition coefficient (Wildman–Crippen LogP) is 3.17. The number of aliphatic hydroxyl groups is 1. The van der Waals surface area contributed by atoms with Crippen molar-refractivity contribution in [2.45, 2.75) is 31.0 Å². The van der Waals surface area contributed by atoms with Crippen LogP contribution in [-0.2, 0) is 9.53 Å². The van der Waals surface area contributed by atoms with Crippen molar-refractivity contribution in [3.8, 4) is 0 Å². The van der Waals surface area contributed by atoms with E-state index in [9.17, 15) is 9.90 Å². The Morgan fingerprint density at radius 2 is 1.52 bits per heavy atom. The van der Waals surface area contributed by atoms with Gasteiger partial charge in [-0.2, -0.15) is 0 Å². The van der Waals surface area contributed by atoms with E-state index in [1.165, 1.54) is 0 Å². The number of piperidine rings is 1. The minimum absolute atomic E-state index is 0.0387. The van der Waals surface area contributed by atoms with E-state index in [2.05, 4.69) is 4.90 Å². The molecule has 0 bridgehead atoms. The molecule has 1 aliphatic heterocycles. The smallest absolute Gasteiger partial charge is 0.309 e. The Kier molecular flexibility index (Phi) is 5.51. The summed E-state index contributed by atoms with van der Waals surface area (Å²) in [6.45, 7) is 1.59. The molecule has 4 heteroatoms. The number of hydrogen-bond acceptors (Lipinski definition) is 4. The number of nitrogens with zero attached hydrogens (tertiary/aromatic N) is 1. The first-order chi connectivity index (χ1) is 12.1. The summed E-state index contributed by atoms with van der Waals surface area (Å²) in [7, 11) is 2.03. The normalized spacial score (nSPS) is 17.4. The highest BCUT2D eigenvalue weighted by molar-refractivity contribution is 5.71. The van der Waals surface area contributed by atoms with Crippen LogP contribution in [0.25, 0.3) is 0 Å². The van der Waals surface area contributed by atoms with Crippen molar-refractivity contribution in [2.75, 3.05) is 20.1 Å². The lowest BCUT2D eigenvalue weighted by molar-refractivity contribution is -0.155. The van der Waals surface area contributed by atoms with Crippen LogP contribution in [-0.4, -0.2) is 41.7 Å². The fourth-order valence-electron chi connectivity index (χ4n) is 3.24. The summed E-state index contributed by atoms with van der Waals surface area (Å²) in [6.07, 6.45) is 0.779. The van der Waals surface area contributed by atoms with Crippen LogP contribution in [0.3, 0.4) is 0 Å². The van der Waals surface area contributed by atoms with Crippen molar-refractivity contribution in [1.29, 1.82) is 0 Å². The van der Waals surface area contributed by atoms with Gasteiger partial charge in [-0.15, -0.1) is 0 Å². The van der Waals surface area contributed by atoms with Gasteiger partial charge in [0.25, 0.3) is 0 Å². The molecule has 0 spiro atoms. The van der Waals surface area contributed by atoms with Gasteiger partial charge in [-0.25, -0.2) is 0 Å². The number of likely N-dealkylation sites (tertiary alicyclic amines) is 1. The fraction of sp³-hybridized carbons (Fsp3) is 0.381. The molecular formula is C21H25NO3. The summed E-state index contributed by atoms with van der Waals surface area (Å²) in [6, 6.07) is 19.4. The monoisotopic (exact) mass is 339 g/mol. The highest BCUT2D eigenvalue weighted by Crippen LogP contribution is 2.30. The molecule has 0 saturated carbocycles. The topological polar surface area (TPSA) is 49.8 Å². The number of ether oxygens (including phenoxy) is 1. The van der Waals surface area contributed by atoms with Crippen LogP contribution < -0.4 is 0 Å². The van der Waals surface area contributed by atoms with Crippen LogP contribution in [0.15, 0.2) is 60.7 Å². The molecule has 0 atom stereocenters. The number of esters is 1. The molecule has 3 rings (SSSR count). The summed E-state index contributed by atoms with van der Waals surface area (Å²) < 4.78 is 5.80. The number of benzene rings is 2. The van der Waals surface area contributed by atoms with Crippen molar-refractivity contribution in [3.63, 3.8) is 0 Å². The molecule has 0 unspecified atom stereocenters. The van der Waals surface area contributed by atoms with Gasteiger partial charge >= 0.3 is 5.97 Å². The average Bonchev–Trinajstić information content (AvgIpc) is 2.64. The minimum Gasteiger partial charge on any atom is -0.452 e. The third-order valence-electron chi connectivity index (χ3n) is 4.85. The van der Waals surface area contributed by atoms with Gasteiger partial charge in [0.2, 0.25) is 0 Å². The molecule has 1 saturated heterocycles. The van der Waals surface area contributed by atoms with E-state index >= 15 is 0 Å². The zero-order chi connectivity index (χ0) is 17.7. The van der Waals surface area contributed by atoms with E-state index in [1.807, 2.05) is 67.7 Å². The number of rotatable bonds is 5. The van der Waals surface area contributed by atoms with Crippen molar-refractivity contribution in [1.82, 2.24) is 4.90 Å². The molecule has 0 amide bonds. The Balaban J connectivity index is 1.73. The quantitative estimate of drug-likeness (QED) is 0.850. The number of carbonyl (C=O) groups excluding carboxylic acids is 1. The van der Waals surface area contributed by atoms with Gasteiger partial charge in [-0.3, -0.25) is 4.79 Å². The Morgan fingerprint density at radius 1 is 1.04 bits per heavy atom. The largest absolute Gasteiger partial charge is 0.452 e. The van der Waals surface area contributed by atoms with E-state index in [1.54, 1.807) is 0 Å². The summed E-state index contributed by atoms with van der Waals surface area (Å²) >= 11 is 0. The Labute approximate surface area is 149 Å². The number of hydrogen-bond donors (Lipinski definition) is 1. The maximum absolute atomic E-state index is 12.6. The van der Waals surface area contributed by atoms with Gasteiger partial charge in [0.15, 0.2) is 6.10 Å². The van der Waals surface area contributed by atoms with Gasteiger partial charge in [-0.1, -0.05) is 60.7 Å². The van der Waals surface area contributed by atoms with E-state index < -0.39 is 11.7 Å². The number of carbonyl (C=O) groups is 1. The fourth-order valence-corrected chi connectivity index (χ4v) is 3.24. The SMILES string of the molecule is CN1CCC(O)(CC(=O)OC(c2ccccc2)c2ccccc2)CC1. The standard InChI is InChI=1S/C21H25NO3/c1-22-14-12-21(24,13-15-22)16-19(23)25-20(17-8-4-2-5-9-17)18-10-6-3-7-11-18/h2-11,20,24H,12-16H2,1H3.